The first-order valence-corrected chi connectivity index (χ1v) is 9.03. The quantitative estimate of drug-likeness (QED) is 0.786. The molecule has 3 aromatic rings. The monoisotopic (exact) mass is 342 g/mol. The second-order valence-electron chi connectivity index (χ2n) is 5.52. The summed E-state index contributed by atoms with van der Waals surface area (Å²) in [5, 5.41) is 3.94. The highest BCUT2D eigenvalue weighted by molar-refractivity contribution is 7.91. The summed E-state index contributed by atoms with van der Waals surface area (Å²) >= 11 is 0. The Kier molecular flexibility index (Phi) is 3.31. The highest BCUT2D eigenvalue weighted by Crippen LogP contribution is 2.43. The number of para-hydroxylation sites is 1. The minimum atomic E-state index is -3.28. The number of hydrogen-bond acceptors (Lipinski definition) is 6. The van der Waals surface area contributed by atoms with Crippen LogP contribution >= 0.6 is 0 Å². The molecular formula is C17H14N2O4S. The summed E-state index contributed by atoms with van der Waals surface area (Å²) in [4.78, 5) is 0.306. The van der Waals surface area contributed by atoms with Crippen molar-refractivity contribution in [2.75, 3.05) is 11.5 Å². The Labute approximate surface area is 138 Å². The first-order valence-electron chi connectivity index (χ1n) is 7.38. The van der Waals surface area contributed by atoms with E-state index >= 15 is 0 Å². The maximum atomic E-state index is 12.2. The molecule has 0 bridgehead atoms. The van der Waals surface area contributed by atoms with Crippen LogP contribution in [0.5, 0.6) is 11.5 Å². The van der Waals surface area contributed by atoms with Crippen molar-refractivity contribution in [3.8, 4) is 22.8 Å². The predicted octanol–water partition coefficient (Wildman–Crippen LogP) is 3.05. The van der Waals surface area contributed by atoms with E-state index in [9.17, 15) is 8.42 Å². The van der Waals surface area contributed by atoms with Gasteiger partial charge in [0, 0.05) is 0 Å². The van der Waals surface area contributed by atoms with Gasteiger partial charge in [-0.1, -0.05) is 23.4 Å². The van der Waals surface area contributed by atoms with Crippen molar-refractivity contribution in [3.05, 3.63) is 54.3 Å². The minimum Gasteiger partial charge on any atom is -0.457 e. The Balaban J connectivity index is 1.93. The molecule has 0 fully saturated rings. The molecule has 7 heteroatoms. The van der Waals surface area contributed by atoms with Crippen LogP contribution in [-0.4, -0.2) is 19.3 Å². The summed E-state index contributed by atoms with van der Waals surface area (Å²) in [5.74, 6) is 1.21. The van der Waals surface area contributed by atoms with Crippen molar-refractivity contribution >= 4 is 15.5 Å². The molecule has 0 aliphatic carbocycles. The SMILES string of the molecule is Nc1conc1-c1c(Oc2ccccc2)ccc2c1CCS2(=O)=O. The third kappa shape index (κ3) is 2.33. The van der Waals surface area contributed by atoms with Gasteiger partial charge in [0.15, 0.2) is 9.84 Å². The lowest BCUT2D eigenvalue weighted by Gasteiger charge is -2.13. The number of nitrogens with zero attached hydrogens (tertiary/aromatic N) is 1. The molecule has 0 saturated heterocycles. The van der Waals surface area contributed by atoms with E-state index in [4.69, 9.17) is 15.0 Å². The molecule has 122 valence electrons. The van der Waals surface area contributed by atoms with Gasteiger partial charge in [0.2, 0.25) is 0 Å². The molecule has 1 aliphatic heterocycles. The molecule has 6 nitrogen and oxygen atoms in total. The summed E-state index contributed by atoms with van der Waals surface area (Å²) in [6.45, 7) is 0. The molecule has 0 amide bonds. The molecule has 1 aliphatic rings. The zero-order valence-corrected chi connectivity index (χ0v) is 13.4. The predicted molar refractivity (Wildman–Crippen MR) is 88.6 cm³/mol. The highest BCUT2D eigenvalue weighted by Gasteiger charge is 2.32. The molecule has 0 spiro atoms. The minimum absolute atomic E-state index is 0.0713. The number of anilines is 1. The number of nitrogens with two attached hydrogens (primary N) is 1. The first-order chi connectivity index (χ1) is 11.6. The van der Waals surface area contributed by atoms with Crippen LogP contribution < -0.4 is 10.5 Å². The topological polar surface area (TPSA) is 95.4 Å². The van der Waals surface area contributed by atoms with Crippen molar-refractivity contribution < 1.29 is 17.7 Å². The van der Waals surface area contributed by atoms with Crippen LogP contribution in [0.25, 0.3) is 11.3 Å². The number of rotatable bonds is 3. The Bertz CT molecular complexity index is 1010. The largest absolute Gasteiger partial charge is 0.457 e. The molecule has 2 N–H and O–H groups in total. The fourth-order valence-electron chi connectivity index (χ4n) is 2.89. The van der Waals surface area contributed by atoms with Gasteiger partial charge in [0.25, 0.3) is 0 Å². The van der Waals surface area contributed by atoms with Crippen molar-refractivity contribution in [1.29, 1.82) is 0 Å². The number of benzene rings is 2. The van der Waals surface area contributed by atoms with Crippen LogP contribution in [0.1, 0.15) is 5.56 Å². The lowest BCUT2D eigenvalue weighted by Crippen LogP contribution is -1.99. The maximum Gasteiger partial charge on any atom is 0.179 e. The van der Waals surface area contributed by atoms with E-state index < -0.39 is 9.84 Å². The number of sulfone groups is 1. The van der Waals surface area contributed by atoms with E-state index in [1.165, 1.54) is 6.26 Å². The summed E-state index contributed by atoms with van der Waals surface area (Å²) in [5.41, 5.74) is 7.92. The van der Waals surface area contributed by atoms with Crippen LogP contribution in [0.2, 0.25) is 0 Å². The molecule has 4 rings (SSSR count). The Morgan fingerprint density at radius 3 is 2.62 bits per heavy atom. The third-order valence-corrected chi connectivity index (χ3v) is 5.79. The summed E-state index contributed by atoms with van der Waals surface area (Å²) in [6, 6.07) is 12.5. The highest BCUT2D eigenvalue weighted by atomic mass is 32.2. The second-order valence-corrected chi connectivity index (χ2v) is 7.60. The lowest BCUT2D eigenvalue weighted by atomic mass is 10.0. The van der Waals surface area contributed by atoms with Crippen LogP contribution in [-0.2, 0) is 16.3 Å². The average molecular weight is 342 g/mol. The standard InChI is InChI=1S/C17H14N2O4S/c18-13-10-22-19-17(13)16-12-8-9-24(20,21)15(12)7-6-14(16)23-11-4-2-1-3-5-11/h1-7,10H,8-9,18H2. The maximum absolute atomic E-state index is 12.2. The van der Waals surface area contributed by atoms with Crippen molar-refractivity contribution in [3.63, 3.8) is 0 Å². The molecule has 2 heterocycles. The van der Waals surface area contributed by atoms with E-state index in [0.717, 1.165) is 0 Å². The number of ether oxygens (including phenoxy) is 1. The smallest absolute Gasteiger partial charge is 0.179 e. The molecule has 24 heavy (non-hydrogen) atoms. The van der Waals surface area contributed by atoms with Crippen LogP contribution in [0.3, 0.4) is 0 Å². The first kappa shape index (κ1) is 14.8. The molecule has 1 aromatic heterocycles. The molecule has 0 saturated carbocycles. The van der Waals surface area contributed by atoms with Gasteiger partial charge in [-0.2, -0.15) is 0 Å². The van der Waals surface area contributed by atoms with E-state index in [2.05, 4.69) is 5.16 Å². The van der Waals surface area contributed by atoms with Gasteiger partial charge >= 0.3 is 0 Å². The van der Waals surface area contributed by atoms with E-state index in [1.54, 1.807) is 12.1 Å². The van der Waals surface area contributed by atoms with Gasteiger partial charge < -0.3 is 15.0 Å². The van der Waals surface area contributed by atoms with Gasteiger partial charge in [0.05, 0.1) is 16.2 Å². The lowest BCUT2D eigenvalue weighted by molar-refractivity contribution is 0.421. The van der Waals surface area contributed by atoms with Crippen molar-refractivity contribution in [2.24, 2.45) is 0 Å². The van der Waals surface area contributed by atoms with Gasteiger partial charge in [0.1, 0.15) is 29.1 Å². The zero-order chi connectivity index (χ0) is 16.7. The Morgan fingerprint density at radius 1 is 1.12 bits per heavy atom. The van der Waals surface area contributed by atoms with Crippen LogP contribution in [0.15, 0.2) is 58.1 Å². The average Bonchev–Trinajstić information content (AvgIpc) is 3.12. The molecule has 2 aromatic carbocycles. The Hall–Kier alpha value is -2.80. The number of aromatic nitrogens is 1. The number of nitrogen functional groups attached to an aromatic ring is 1. The van der Waals surface area contributed by atoms with E-state index in [-0.39, 0.29) is 5.75 Å². The van der Waals surface area contributed by atoms with Crippen molar-refractivity contribution in [1.82, 2.24) is 5.16 Å². The number of hydrogen-bond donors (Lipinski definition) is 1. The van der Waals surface area contributed by atoms with E-state index in [0.29, 0.717) is 45.3 Å². The molecule has 0 atom stereocenters. The third-order valence-electron chi connectivity index (χ3n) is 3.99. The summed E-state index contributed by atoms with van der Waals surface area (Å²) in [6.07, 6.45) is 1.72. The molecule has 0 radical (unpaired) electrons. The molecular weight excluding hydrogens is 328 g/mol. The molecule has 0 unspecified atom stereocenters. The Morgan fingerprint density at radius 2 is 1.92 bits per heavy atom. The fraction of sp³-hybridized carbons (Fsp3) is 0.118. The second kappa shape index (κ2) is 5.38. The summed E-state index contributed by atoms with van der Waals surface area (Å²) in [7, 11) is -3.28. The van der Waals surface area contributed by atoms with Crippen LogP contribution in [0.4, 0.5) is 5.69 Å². The van der Waals surface area contributed by atoms with Crippen molar-refractivity contribution in [2.45, 2.75) is 11.3 Å². The van der Waals surface area contributed by atoms with Crippen LogP contribution in [0, 0.1) is 0 Å². The zero-order valence-electron chi connectivity index (χ0n) is 12.6. The fourth-order valence-corrected chi connectivity index (χ4v) is 4.44. The van der Waals surface area contributed by atoms with Gasteiger partial charge in [-0.15, -0.1) is 0 Å². The van der Waals surface area contributed by atoms with Gasteiger partial charge in [-0.25, -0.2) is 8.42 Å². The van der Waals surface area contributed by atoms with E-state index in [1.807, 2.05) is 30.3 Å². The van der Waals surface area contributed by atoms with Gasteiger partial charge in [-0.05, 0) is 36.2 Å². The normalized spacial score (nSPS) is 15.2. The van der Waals surface area contributed by atoms with Gasteiger partial charge in [-0.3, -0.25) is 0 Å². The number of fused-ring (bicyclic) bond motifs is 1. The summed E-state index contributed by atoms with van der Waals surface area (Å²) < 4.78 is 35.3.